The largest absolute Gasteiger partial charge is 0.480 e. The Morgan fingerprint density at radius 1 is 1.00 bits per heavy atom. The van der Waals surface area contributed by atoms with E-state index in [1.807, 2.05) is 24.3 Å². The van der Waals surface area contributed by atoms with Crippen molar-refractivity contribution >= 4 is 28.3 Å². The molecule has 7 heteroatoms. The zero-order chi connectivity index (χ0) is 19.4. The molecule has 0 aromatic heterocycles. The molecule has 1 amide bonds. The van der Waals surface area contributed by atoms with E-state index in [1.165, 1.54) is 24.3 Å². The van der Waals surface area contributed by atoms with Gasteiger partial charge in [0.25, 0.3) is 11.6 Å². The molecule has 3 aromatic rings. The van der Waals surface area contributed by atoms with E-state index in [1.54, 1.807) is 18.2 Å². The number of non-ortho nitro benzene ring substituents is 1. The average Bonchev–Trinajstić information content (AvgIpc) is 2.67. The maximum atomic E-state index is 12.5. The number of carboxylic acid groups (broad SMARTS) is 1. The van der Waals surface area contributed by atoms with Crippen LogP contribution in [0.15, 0.2) is 66.7 Å². The Balaban J connectivity index is 1.75. The number of rotatable bonds is 6. The monoisotopic (exact) mass is 364 g/mol. The van der Waals surface area contributed by atoms with Crippen LogP contribution in [-0.2, 0) is 11.2 Å². The van der Waals surface area contributed by atoms with E-state index in [2.05, 4.69) is 5.32 Å². The first-order chi connectivity index (χ1) is 12.9. The third-order valence-electron chi connectivity index (χ3n) is 4.20. The molecule has 27 heavy (non-hydrogen) atoms. The summed E-state index contributed by atoms with van der Waals surface area (Å²) in [6.07, 6.45) is 0.0205. The first kappa shape index (κ1) is 18.1. The highest BCUT2D eigenvalue weighted by Crippen LogP contribution is 2.16. The van der Waals surface area contributed by atoms with Gasteiger partial charge in [0, 0.05) is 24.1 Å². The molecule has 0 saturated heterocycles. The number of hydrogen-bond donors (Lipinski definition) is 2. The number of hydrogen-bond acceptors (Lipinski definition) is 4. The summed E-state index contributed by atoms with van der Waals surface area (Å²) < 4.78 is 0. The number of nitro groups is 1. The van der Waals surface area contributed by atoms with Crippen LogP contribution in [0.25, 0.3) is 10.8 Å². The second-order valence-corrected chi connectivity index (χ2v) is 6.05. The molecule has 1 atom stereocenters. The maximum absolute atomic E-state index is 12.5. The van der Waals surface area contributed by atoms with E-state index in [-0.39, 0.29) is 12.1 Å². The second-order valence-electron chi connectivity index (χ2n) is 6.05. The van der Waals surface area contributed by atoms with Crippen molar-refractivity contribution in [1.29, 1.82) is 0 Å². The van der Waals surface area contributed by atoms with E-state index in [4.69, 9.17) is 0 Å². The zero-order valence-electron chi connectivity index (χ0n) is 14.2. The van der Waals surface area contributed by atoms with Gasteiger partial charge >= 0.3 is 5.97 Å². The van der Waals surface area contributed by atoms with Crippen molar-refractivity contribution in [2.75, 3.05) is 0 Å². The summed E-state index contributed by atoms with van der Waals surface area (Å²) in [4.78, 5) is 34.2. The van der Waals surface area contributed by atoms with Gasteiger partial charge in [0.15, 0.2) is 0 Å². The quantitative estimate of drug-likeness (QED) is 0.516. The van der Waals surface area contributed by atoms with Crippen LogP contribution in [0.1, 0.15) is 15.9 Å². The number of nitrogens with one attached hydrogen (secondary N) is 1. The molecule has 136 valence electrons. The second kappa shape index (κ2) is 7.65. The van der Waals surface area contributed by atoms with Gasteiger partial charge in [0.05, 0.1) is 4.92 Å². The van der Waals surface area contributed by atoms with Crippen LogP contribution in [0.5, 0.6) is 0 Å². The smallest absolute Gasteiger partial charge is 0.326 e. The van der Waals surface area contributed by atoms with Crippen molar-refractivity contribution in [3.8, 4) is 0 Å². The minimum atomic E-state index is -1.18. The summed E-state index contributed by atoms with van der Waals surface area (Å²) in [5, 5.41) is 24.5. The molecular formula is C20H16N2O5. The van der Waals surface area contributed by atoms with E-state index in [0.29, 0.717) is 11.1 Å². The Kier molecular flexibility index (Phi) is 5.12. The molecular weight excluding hydrogens is 348 g/mol. The number of carboxylic acids is 1. The van der Waals surface area contributed by atoms with Crippen molar-refractivity contribution < 1.29 is 19.6 Å². The fourth-order valence-corrected chi connectivity index (χ4v) is 2.76. The third kappa shape index (κ3) is 4.27. The van der Waals surface area contributed by atoms with Crippen LogP contribution >= 0.6 is 0 Å². The van der Waals surface area contributed by atoms with Crippen molar-refractivity contribution in [1.82, 2.24) is 5.32 Å². The SMILES string of the molecule is O=C(N[C@H](Cc1ccc([N+](=O)[O-])cc1)C(=O)O)c1ccc2ccccc2c1. The Morgan fingerprint density at radius 2 is 1.67 bits per heavy atom. The van der Waals surface area contributed by atoms with Crippen molar-refractivity contribution in [3.05, 3.63) is 88.0 Å². The molecule has 0 aliphatic heterocycles. The van der Waals surface area contributed by atoms with E-state index >= 15 is 0 Å². The predicted octanol–water partition coefficient (Wildman–Crippen LogP) is 3.17. The van der Waals surface area contributed by atoms with Crippen molar-refractivity contribution in [3.63, 3.8) is 0 Å². The molecule has 0 unspecified atom stereocenters. The number of aliphatic carboxylic acids is 1. The molecule has 0 aliphatic carbocycles. The number of nitro benzene ring substituents is 1. The lowest BCUT2D eigenvalue weighted by Crippen LogP contribution is -2.42. The summed E-state index contributed by atoms with van der Waals surface area (Å²) in [7, 11) is 0. The van der Waals surface area contributed by atoms with Crippen LogP contribution in [-0.4, -0.2) is 27.9 Å². The fourth-order valence-electron chi connectivity index (χ4n) is 2.76. The number of amides is 1. The standard InChI is InChI=1S/C20H16N2O5/c23-19(16-8-7-14-3-1-2-4-15(14)12-16)21-18(20(24)25)11-13-5-9-17(10-6-13)22(26)27/h1-10,12,18H,11H2,(H,21,23)(H,24,25)/t18-/m1/s1. The highest BCUT2D eigenvalue weighted by atomic mass is 16.6. The molecule has 0 spiro atoms. The maximum Gasteiger partial charge on any atom is 0.326 e. The summed E-state index contributed by atoms with van der Waals surface area (Å²) in [5.41, 5.74) is 0.862. The van der Waals surface area contributed by atoms with Crippen molar-refractivity contribution in [2.24, 2.45) is 0 Å². The lowest BCUT2D eigenvalue weighted by atomic mass is 10.0. The molecule has 7 nitrogen and oxygen atoms in total. The van der Waals surface area contributed by atoms with E-state index in [0.717, 1.165) is 10.8 Å². The first-order valence-electron chi connectivity index (χ1n) is 8.20. The average molecular weight is 364 g/mol. The normalized spacial score (nSPS) is 11.7. The Bertz CT molecular complexity index is 1010. The van der Waals surface area contributed by atoms with Gasteiger partial charge in [-0.3, -0.25) is 14.9 Å². The van der Waals surface area contributed by atoms with Gasteiger partial charge in [0.1, 0.15) is 6.04 Å². The van der Waals surface area contributed by atoms with E-state index < -0.39 is 22.8 Å². The number of nitrogens with zero attached hydrogens (tertiary/aromatic N) is 1. The summed E-state index contributed by atoms with van der Waals surface area (Å²) in [6.45, 7) is 0. The molecule has 0 radical (unpaired) electrons. The van der Waals surface area contributed by atoms with Crippen LogP contribution in [0.3, 0.4) is 0 Å². The van der Waals surface area contributed by atoms with Crippen LogP contribution in [0.2, 0.25) is 0 Å². The van der Waals surface area contributed by atoms with Crippen LogP contribution in [0, 0.1) is 10.1 Å². The van der Waals surface area contributed by atoms with Gasteiger partial charge in [-0.25, -0.2) is 4.79 Å². The van der Waals surface area contributed by atoms with Gasteiger partial charge in [-0.1, -0.05) is 42.5 Å². The summed E-state index contributed by atoms with van der Waals surface area (Å²) in [6, 6.07) is 17.1. The first-order valence-corrected chi connectivity index (χ1v) is 8.20. The third-order valence-corrected chi connectivity index (χ3v) is 4.20. The Morgan fingerprint density at radius 3 is 2.30 bits per heavy atom. The van der Waals surface area contributed by atoms with Gasteiger partial charge in [0.2, 0.25) is 0 Å². The van der Waals surface area contributed by atoms with E-state index in [9.17, 15) is 24.8 Å². The molecule has 0 heterocycles. The van der Waals surface area contributed by atoms with Gasteiger partial charge < -0.3 is 10.4 Å². The minimum absolute atomic E-state index is 0.0205. The molecule has 0 bridgehead atoms. The summed E-state index contributed by atoms with van der Waals surface area (Å²) in [5.74, 6) is -1.67. The Hall–Kier alpha value is -3.74. The molecule has 2 N–H and O–H groups in total. The molecule has 0 aliphatic rings. The lowest BCUT2D eigenvalue weighted by Gasteiger charge is -2.15. The number of carbonyl (C=O) groups is 2. The summed E-state index contributed by atoms with van der Waals surface area (Å²) >= 11 is 0. The minimum Gasteiger partial charge on any atom is -0.480 e. The van der Waals surface area contributed by atoms with Gasteiger partial charge in [-0.2, -0.15) is 0 Å². The van der Waals surface area contributed by atoms with Gasteiger partial charge in [-0.05, 0) is 28.5 Å². The molecule has 0 fully saturated rings. The highest BCUT2D eigenvalue weighted by molar-refractivity contribution is 6.00. The molecule has 3 aromatic carbocycles. The van der Waals surface area contributed by atoms with Gasteiger partial charge in [-0.15, -0.1) is 0 Å². The lowest BCUT2D eigenvalue weighted by molar-refractivity contribution is -0.384. The van der Waals surface area contributed by atoms with Crippen molar-refractivity contribution in [2.45, 2.75) is 12.5 Å². The Labute approximate surface area is 154 Å². The predicted molar refractivity (Wildman–Crippen MR) is 99.6 cm³/mol. The molecule has 0 saturated carbocycles. The van der Waals surface area contributed by atoms with Crippen LogP contribution < -0.4 is 5.32 Å². The highest BCUT2D eigenvalue weighted by Gasteiger charge is 2.21. The molecule has 3 rings (SSSR count). The fraction of sp³-hybridized carbons (Fsp3) is 0.100. The van der Waals surface area contributed by atoms with Crippen LogP contribution in [0.4, 0.5) is 5.69 Å². The number of carbonyl (C=O) groups excluding carboxylic acids is 1. The topological polar surface area (TPSA) is 110 Å². The zero-order valence-corrected chi connectivity index (χ0v) is 14.2. The number of fused-ring (bicyclic) bond motifs is 1. The number of benzene rings is 3.